The van der Waals surface area contributed by atoms with E-state index in [1.807, 2.05) is 17.5 Å². The van der Waals surface area contributed by atoms with Crippen molar-refractivity contribution in [1.29, 1.82) is 0 Å². The second-order valence-electron chi connectivity index (χ2n) is 6.26. The van der Waals surface area contributed by atoms with Gasteiger partial charge in [0.1, 0.15) is 0 Å². The molecule has 0 fully saturated rings. The molecular weight excluding hydrogens is 444 g/mol. The van der Waals surface area contributed by atoms with E-state index < -0.39 is 15.9 Å². The van der Waals surface area contributed by atoms with Crippen molar-refractivity contribution >= 4 is 33.3 Å². The zero-order chi connectivity index (χ0) is 22.3. The van der Waals surface area contributed by atoms with Crippen LogP contribution in [0.5, 0.6) is 0 Å². The summed E-state index contributed by atoms with van der Waals surface area (Å²) >= 11 is 1.43. The Labute approximate surface area is 183 Å². The third kappa shape index (κ3) is 5.74. The molecule has 0 aliphatic rings. The molecule has 0 saturated carbocycles. The topological polar surface area (TPSA) is 124 Å². The van der Waals surface area contributed by atoms with Crippen molar-refractivity contribution in [3.8, 4) is 10.8 Å². The molecule has 12 heteroatoms. The maximum Gasteiger partial charge on any atom is 0.322 e. The fraction of sp³-hybridized carbons (Fsp3) is 0.316. The molecule has 1 amide bonds. The Morgan fingerprint density at radius 3 is 2.35 bits per heavy atom. The minimum atomic E-state index is -3.77. The summed E-state index contributed by atoms with van der Waals surface area (Å²) in [5.74, 6) is -0.195. The van der Waals surface area contributed by atoms with E-state index in [0.717, 1.165) is 4.88 Å². The number of ether oxygens (including phenoxy) is 2. The van der Waals surface area contributed by atoms with Gasteiger partial charge in [-0.3, -0.25) is 10.1 Å². The molecule has 0 aliphatic carbocycles. The van der Waals surface area contributed by atoms with Gasteiger partial charge in [-0.15, -0.1) is 16.4 Å². The van der Waals surface area contributed by atoms with Gasteiger partial charge in [0, 0.05) is 32.9 Å². The molecule has 0 aliphatic heterocycles. The molecule has 2 aromatic heterocycles. The molecule has 0 spiro atoms. The van der Waals surface area contributed by atoms with Crippen LogP contribution in [-0.2, 0) is 19.5 Å². The van der Waals surface area contributed by atoms with Crippen molar-refractivity contribution in [1.82, 2.24) is 14.5 Å². The van der Waals surface area contributed by atoms with Gasteiger partial charge in [0.15, 0.2) is 0 Å². The van der Waals surface area contributed by atoms with Crippen molar-refractivity contribution in [3.63, 3.8) is 0 Å². The van der Waals surface area contributed by atoms with Crippen molar-refractivity contribution in [3.05, 3.63) is 47.3 Å². The van der Waals surface area contributed by atoms with E-state index in [1.54, 1.807) is 0 Å². The number of thiophene rings is 1. The largest absolute Gasteiger partial charge is 0.402 e. The highest BCUT2D eigenvalue weighted by atomic mass is 32.2. The Morgan fingerprint density at radius 1 is 1.10 bits per heavy atom. The van der Waals surface area contributed by atoms with Gasteiger partial charge in [-0.2, -0.15) is 4.31 Å². The van der Waals surface area contributed by atoms with E-state index in [9.17, 15) is 13.2 Å². The number of methoxy groups -OCH3 is 2. The Morgan fingerprint density at radius 2 is 1.77 bits per heavy atom. The summed E-state index contributed by atoms with van der Waals surface area (Å²) in [6.07, 6.45) is 0. The van der Waals surface area contributed by atoms with Crippen LogP contribution in [0, 0.1) is 0 Å². The summed E-state index contributed by atoms with van der Waals surface area (Å²) in [6.45, 7) is 0.879. The monoisotopic (exact) mass is 466 g/mol. The number of rotatable bonds is 11. The number of carbonyl (C=O) groups excluding carboxylic acids is 1. The lowest BCUT2D eigenvalue weighted by atomic mass is 10.2. The van der Waals surface area contributed by atoms with Gasteiger partial charge < -0.3 is 13.9 Å². The molecule has 31 heavy (non-hydrogen) atoms. The average Bonchev–Trinajstić information content (AvgIpc) is 3.46. The molecule has 1 aromatic carbocycles. The average molecular weight is 467 g/mol. The molecule has 0 radical (unpaired) electrons. The minimum absolute atomic E-state index is 0.0459. The summed E-state index contributed by atoms with van der Waals surface area (Å²) in [5.41, 5.74) is 0.246. The van der Waals surface area contributed by atoms with E-state index in [-0.39, 0.29) is 42.8 Å². The zero-order valence-corrected chi connectivity index (χ0v) is 18.6. The van der Waals surface area contributed by atoms with Crippen LogP contribution in [0.2, 0.25) is 0 Å². The molecule has 0 atom stereocenters. The van der Waals surface area contributed by atoms with Gasteiger partial charge >= 0.3 is 6.01 Å². The first kappa shape index (κ1) is 23.0. The lowest BCUT2D eigenvalue weighted by Crippen LogP contribution is -2.36. The molecule has 3 rings (SSSR count). The van der Waals surface area contributed by atoms with Crippen molar-refractivity contribution in [2.45, 2.75) is 4.90 Å². The standard InChI is InChI=1S/C19H22N4O6S2/c1-27-11-9-23(10-12-28-2)31(25,26)15-7-5-14(6-8-15)17(24)20-19-22-21-18(29-19)16-4-3-13-30-16/h3-8,13H,9-12H2,1-2H3,(H,20,22,24). The normalized spacial score (nSPS) is 11.7. The molecule has 0 unspecified atom stereocenters. The molecule has 1 N–H and O–H groups in total. The maximum atomic E-state index is 12.9. The summed E-state index contributed by atoms with van der Waals surface area (Å²) in [7, 11) is -0.764. The smallest absolute Gasteiger partial charge is 0.322 e. The van der Waals surface area contributed by atoms with Crippen LogP contribution in [0.25, 0.3) is 10.8 Å². The summed E-state index contributed by atoms with van der Waals surface area (Å²) < 4.78 is 42.5. The number of benzene rings is 1. The minimum Gasteiger partial charge on any atom is -0.402 e. The Balaban J connectivity index is 1.70. The number of nitrogens with one attached hydrogen (secondary N) is 1. The number of hydrogen-bond donors (Lipinski definition) is 1. The van der Waals surface area contributed by atoms with Crippen LogP contribution in [0.15, 0.2) is 51.1 Å². The number of hydrogen-bond acceptors (Lipinski definition) is 9. The van der Waals surface area contributed by atoms with E-state index in [0.29, 0.717) is 5.89 Å². The number of aromatic nitrogens is 2. The lowest BCUT2D eigenvalue weighted by Gasteiger charge is -2.21. The molecule has 166 valence electrons. The van der Waals surface area contributed by atoms with Gasteiger partial charge in [-0.25, -0.2) is 8.42 Å². The lowest BCUT2D eigenvalue weighted by molar-refractivity contribution is 0.102. The predicted octanol–water partition coefficient (Wildman–Crippen LogP) is 2.33. The highest BCUT2D eigenvalue weighted by Gasteiger charge is 2.24. The van der Waals surface area contributed by atoms with E-state index in [1.165, 1.54) is 54.1 Å². The number of amides is 1. The first-order chi connectivity index (χ1) is 15.0. The van der Waals surface area contributed by atoms with E-state index in [4.69, 9.17) is 13.9 Å². The summed E-state index contributed by atoms with van der Waals surface area (Å²) in [5, 5.41) is 12.1. The summed E-state index contributed by atoms with van der Waals surface area (Å²) in [6, 6.07) is 9.22. The summed E-state index contributed by atoms with van der Waals surface area (Å²) in [4.78, 5) is 13.3. The Hall–Kier alpha value is -2.64. The third-order valence-corrected chi connectivity index (χ3v) is 6.99. The first-order valence-corrected chi connectivity index (χ1v) is 11.5. The third-order valence-electron chi connectivity index (χ3n) is 4.22. The maximum absolute atomic E-state index is 12.9. The van der Waals surface area contributed by atoms with Gasteiger partial charge in [0.2, 0.25) is 10.0 Å². The number of carbonyl (C=O) groups is 1. The van der Waals surface area contributed by atoms with Crippen molar-refractivity contribution < 1.29 is 27.1 Å². The molecular formula is C19H22N4O6S2. The first-order valence-electron chi connectivity index (χ1n) is 9.22. The number of nitrogens with zero attached hydrogens (tertiary/aromatic N) is 3. The quantitative estimate of drug-likeness (QED) is 0.457. The second kappa shape index (κ2) is 10.6. The molecule has 2 heterocycles. The molecule has 3 aromatic rings. The molecule has 10 nitrogen and oxygen atoms in total. The fourth-order valence-electron chi connectivity index (χ4n) is 2.61. The predicted molar refractivity (Wildman–Crippen MR) is 115 cm³/mol. The van der Waals surface area contributed by atoms with E-state index >= 15 is 0 Å². The number of sulfonamides is 1. The molecule has 0 saturated heterocycles. The van der Waals surface area contributed by atoms with Gasteiger partial charge in [0.25, 0.3) is 11.8 Å². The van der Waals surface area contributed by atoms with Gasteiger partial charge in [-0.05, 0) is 35.7 Å². The number of anilines is 1. The Bertz CT molecular complexity index is 1070. The second-order valence-corrected chi connectivity index (χ2v) is 9.14. The van der Waals surface area contributed by atoms with Crippen LogP contribution in [0.1, 0.15) is 10.4 Å². The van der Waals surface area contributed by atoms with Crippen LogP contribution in [0.4, 0.5) is 6.01 Å². The molecule has 0 bridgehead atoms. The SMILES string of the molecule is COCCN(CCOC)S(=O)(=O)c1ccc(C(=O)Nc2nnc(-c3cccs3)o2)cc1. The zero-order valence-electron chi connectivity index (χ0n) is 17.0. The van der Waals surface area contributed by atoms with Gasteiger partial charge in [-0.1, -0.05) is 11.2 Å². The highest BCUT2D eigenvalue weighted by Crippen LogP contribution is 2.24. The van der Waals surface area contributed by atoms with Gasteiger partial charge in [0.05, 0.1) is 23.0 Å². The van der Waals surface area contributed by atoms with Crippen molar-refractivity contribution in [2.24, 2.45) is 0 Å². The van der Waals surface area contributed by atoms with Crippen LogP contribution in [-0.4, -0.2) is 69.4 Å². The van der Waals surface area contributed by atoms with E-state index in [2.05, 4.69) is 15.5 Å². The van der Waals surface area contributed by atoms with Crippen molar-refractivity contribution in [2.75, 3.05) is 45.8 Å². The fourth-order valence-corrected chi connectivity index (χ4v) is 4.66. The van der Waals surface area contributed by atoms with Crippen LogP contribution >= 0.6 is 11.3 Å². The highest BCUT2D eigenvalue weighted by molar-refractivity contribution is 7.89. The Kier molecular flexibility index (Phi) is 7.87. The van der Waals surface area contributed by atoms with Crippen LogP contribution < -0.4 is 5.32 Å². The van der Waals surface area contributed by atoms with Crippen LogP contribution in [0.3, 0.4) is 0 Å².